The maximum Gasteiger partial charge on any atom is 0.528 e. The molecule has 0 bridgehead atoms. The van der Waals surface area contributed by atoms with Gasteiger partial charge >= 0.3 is 12.1 Å². The molecule has 1 unspecified atom stereocenters. The first-order valence-corrected chi connectivity index (χ1v) is 10.5. The van der Waals surface area contributed by atoms with Crippen LogP contribution in [0.1, 0.15) is 28.3 Å². The first-order chi connectivity index (χ1) is 16.4. The van der Waals surface area contributed by atoms with E-state index in [1.807, 2.05) is 18.2 Å². The Bertz CT molecular complexity index is 1190. The number of nitrogens with zero attached hydrogens (tertiary/aromatic N) is 1. The Morgan fingerprint density at radius 2 is 1.74 bits per heavy atom. The molecule has 9 heteroatoms. The molecule has 1 heterocycles. The molecule has 0 aromatic heterocycles. The largest absolute Gasteiger partial charge is 0.528 e. The minimum atomic E-state index is -1.32. The van der Waals surface area contributed by atoms with Crippen molar-refractivity contribution in [3.8, 4) is 5.75 Å². The van der Waals surface area contributed by atoms with Gasteiger partial charge in [-0.1, -0.05) is 54.6 Å². The second kappa shape index (κ2) is 10.3. The van der Waals surface area contributed by atoms with E-state index in [1.54, 1.807) is 36.4 Å². The van der Waals surface area contributed by atoms with Crippen molar-refractivity contribution < 1.29 is 37.8 Å². The summed E-state index contributed by atoms with van der Waals surface area (Å²) in [6, 6.07) is 16.9. The standard InChI is InChI=1S/C25H21F2NO6/c26-18-12-20(24(21(27)13-18)32-15-22(29)30)23-19-9-5-4-8-17(19)10-11-28(23)34-25(31)33-14-16-6-2-1-3-7-16/h1-9,12-13,23H,10-11,14-15H2,(H,29,30). The van der Waals surface area contributed by atoms with E-state index in [9.17, 15) is 18.4 Å². The number of halogens is 2. The van der Waals surface area contributed by atoms with E-state index >= 15 is 0 Å². The van der Waals surface area contributed by atoms with Gasteiger partial charge in [-0.15, -0.1) is 5.06 Å². The van der Waals surface area contributed by atoms with Crippen molar-refractivity contribution in [3.63, 3.8) is 0 Å². The van der Waals surface area contributed by atoms with E-state index in [0.717, 1.165) is 17.2 Å². The number of fused-ring (bicyclic) bond motifs is 1. The fourth-order valence-electron chi connectivity index (χ4n) is 3.87. The second-order valence-corrected chi connectivity index (χ2v) is 7.60. The molecule has 3 aromatic rings. The maximum absolute atomic E-state index is 14.7. The van der Waals surface area contributed by atoms with Gasteiger partial charge in [0.25, 0.3) is 0 Å². The Labute approximate surface area is 194 Å². The van der Waals surface area contributed by atoms with Crippen LogP contribution in [0.15, 0.2) is 66.7 Å². The SMILES string of the molecule is O=C(O)COc1c(F)cc(F)cc1C1c2ccccc2CCN1OC(=O)OCc1ccccc1. The number of rotatable bonds is 7. The fraction of sp³-hybridized carbons (Fsp3) is 0.200. The molecule has 0 saturated heterocycles. The number of carbonyl (C=O) groups excluding carboxylic acids is 1. The van der Waals surface area contributed by atoms with Gasteiger partial charge in [0.05, 0.1) is 0 Å². The monoisotopic (exact) mass is 469 g/mol. The maximum atomic E-state index is 14.7. The summed E-state index contributed by atoms with van der Waals surface area (Å²) in [4.78, 5) is 28.9. The molecule has 1 aliphatic rings. The summed E-state index contributed by atoms with van der Waals surface area (Å²) in [5.41, 5.74) is 2.27. The predicted octanol–water partition coefficient (Wildman–Crippen LogP) is 4.64. The summed E-state index contributed by atoms with van der Waals surface area (Å²) in [5.74, 6) is -3.70. The second-order valence-electron chi connectivity index (χ2n) is 7.60. The van der Waals surface area contributed by atoms with Gasteiger partial charge in [-0.25, -0.2) is 18.4 Å². The van der Waals surface area contributed by atoms with Crippen LogP contribution < -0.4 is 4.74 Å². The number of hydrogen-bond acceptors (Lipinski definition) is 6. The third-order valence-corrected chi connectivity index (χ3v) is 5.30. The lowest BCUT2D eigenvalue weighted by molar-refractivity contribution is -0.152. The molecule has 176 valence electrons. The van der Waals surface area contributed by atoms with Crippen molar-refractivity contribution in [3.05, 3.63) is 101 Å². The highest BCUT2D eigenvalue weighted by Crippen LogP contribution is 2.41. The molecule has 1 aliphatic heterocycles. The highest BCUT2D eigenvalue weighted by atomic mass is 19.1. The Morgan fingerprint density at radius 3 is 2.50 bits per heavy atom. The minimum absolute atomic E-state index is 0.0123. The molecule has 0 fully saturated rings. The first-order valence-electron chi connectivity index (χ1n) is 10.5. The number of carbonyl (C=O) groups is 2. The molecule has 0 spiro atoms. The number of hydrogen-bond donors (Lipinski definition) is 1. The van der Waals surface area contributed by atoms with E-state index in [-0.39, 0.29) is 18.7 Å². The van der Waals surface area contributed by atoms with Gasteiger partial charge in [-0.05, 0) is 29.2 Å². The summed E-state index contributed by atoms with van der Waals surface area (Å²) in [7, 11) is 0. The third-order valence-electron chi connectivity index (χ3n) is 5.30. The van der Waals surface area contributed by atoms with Crippen LogP contribution in [0.5, 0.6) is 5.75 Å². The zero-order chi connectivity index (χ0) is 24.1. The Hall–Kier alpha value is -3.98. The zero-order valence-corrected chi connectivity index (χ0v) is 17.9. The molecule has 0 saturated carbocycles. The van der Waals surface area contributed by atoms with Crippen molar-refractivity contribution in [1.82, 2.24) is 5.06 Å². The molecular weight excluding hydrogens is 448 g/mol. The summed E-state index contributed by atoms with van der Waals surface area (Å²) in [6.07, 6.45) is -0.486. The number of ether oxygens (including phenoxy) is 2. The number of benzene rings is 3. The molecule has 3 aromatic carbocycles. The van der Waals surface area contributed by atoms with Crippen LogP contribution in [0, 0.1) is 11.6 Å². The lowest BCUT2D eigenvalue weighted by Gasteiger charge is -2.36. The molecule has 1 atom stereocenters. The van der Waals surface area contributed by atoms with E-state index in [1.165, 1.54) is 5.06 Å². The Balaban J connectivity index is 1.66. The molecule has 0 radical (unpaired) electrons. The molecule has 7 nitrogen and oxygen atoms in total. The normalized spacial score (nSPS) is 15.3. The summed E-state index contributed by atoms with van der Waals surface area (Å²) < 4.78 is 39.3. The van der Waals surface area contributed by atoms with Crippen LogP contribution in [0.25, 0.3) is 0 Å². The predicted molar refractivity (Wildman–Crippen MR) is 116 cm³/mol. The zero-order valence-electron chi connectivity index (χ0n) is 17.9. The van der Waals surface area contributed by atoms with E-state index in [0.29, 0.717) is 18.1 Å². The highest BCUT2D eigenvalue weighted by molar-refractivity contribution is 5.68. The van der Waals surface area contributed by atoms with Gasteiger partial charge in [0, 0.05) is 18.2 Å². The smallest absolute Gasteiger partial charge is 0.479 e. The molecular formula is C25H21F2NO6. The first kappa shape index (κ1) is 23.2. The van der Waals surface area contributed by atoms with E-state index < -0.39 is 42.2 Å². The van der Waals surface area contributed by atoms with Crippen LogP contribution >= 0.6 is 0 Å². The van der Waals surface area contributed by atoms with Crippen molar-refractivity contribution >= 4 is 12.1 Å². The highest BCUT2D eigenvalue weighted by Gasteiger charge is 2.35. The molecule has 4 rings (SSSR count). The average Bonchev–Trinajstić information content (AvgIpc) is 2.82. The number of carboxylic acid groups (broad SMARTS) is 1. The van der Waals surface area contributed by atoms with Crippen LogP contribution in [0.2, 0.25) is 0 Å². The molecule has 34 heavy (non-hydrogen) atoms. The molecule has 1 N–H and O–H groups in total. The number of hydroxylamine groups is 2. The summed E-state index contributed by atoms with van der Waals surface area (Å²) >= 11 is 0. The Kier molecular flexibility index (Phi) is 7.03. The van der Waals surface area contributed by atoms with Gasteiger partial charge in [0.2, 0.25) is 0 Å². The van der Waals surface area contributed by atoms with Crippen LogP contribution in [-0.4, -0.2) is 35.4 Å². The number of aliphatic carboxylic acids is 1. The topological polar surface area (TPSA) is 85.3 Å². The molecule has 0 amide bonds. The van der Waals surface area contributed by atoms with Gasteiger partial charge in [-0.3, -0.25) is 0 Å². The average molecular weight is 469 g/mol. The Morgan fingerprint density at radius 1 is 1.00 bits per heavy atom. The lowest BCUT2D eigenvalue weighted by Crippen LogP contribution is -2.38. The quantitative estimate of drug-likeness (QED) is 0.505. The van der Waals surface area contributed by atoms with Crippen LogP contribution in [0.4, 0.5) is 13.6 Å². The van der Waals surface area contributed by atoms with Crippen molar-refractivity contribution in [2.24, 2.45) is 0 Å². The van der Waals surface area contributed by atoms with Crippen molar-refractivity contribution in [2.45, 2.75) is 19.1 Å². The summed E-state index contributed by atoms with van der Waals surface area (Å²) in [5, 5.41) is 10.2. The van der Waals surface area contributed by atoms with Gasteiger partial charge in [0.1, 0.15) is 18.5 Å². The van der Waals surface area contributed by atoms with Crippen molar-refractivity contribution in [1.29, 1.82) is 0 Å². The van der Waals surface area contributed by atoms with Crippen LogP contribution in [-0.2, 0) is 27.4 Å². The van der Waals surface area contributed by atoms with Crippen molar-refractivity contribution in [2.75, 3.05) is 13.2 Å². The van der Waals surface area contributed by atoms with Gasteiger partial charge in [-0.2, -0.15) is 0 Å². The van der Waals surface area contributed by atoms with Crippen LogP contribution in [0.3, 0.4) is 0 Å². The van der Waals surface area contributed by atoms with Gasteiger partial charge in [0.15, 0.2) is 18.2 Å². The third kappa shape index (κ3) is 5.32. The molecule has 0 aliphatic carbocycles. The summed E-state index contributed by atoms with van der Waals surface area (Å²) in [6.45, 7) is -0.640. The van der Waals surface area contributed by atoms with E-state index in [4.69, 9.17) is 19.4 Å². The fourth-order valence-corrected chi connectivity index (χ4v) is 3.87. The minimum Gasteiger partial charge on any atom is -0.479 e. The van der Waals surface area contributed by atoms with Gasteiger partial charge < -0.3 is 19.4 Å². The number of carboxylic acids is 1. The van der Waals surface area contributed by atoms with E-state index in [2.05, 4.69) is 0 Å². The lowest BCUT2D eigenvalue weighted by atomic mass is 9.89.